The summed E-state index contributed by atoms with van der Waals surface area (Å²) in [5.41, 5.74) is 0.919. The van der Waals surface area contributed by atoms with Gasteiger partial charge >= 0.3 is 6.61 Å². The Kier molecular flexibility index (Phi) is 4.20. The van der Waals surface area contributed by atoms with Crippen molar-refractivity contribution in [3.63, 3.8) is 0 Å². The lowest BCUT2D eigenvalue weighted by atomic mass is 10.3. The van der Waals surface area contributed by atoms with E-state index in [1.807, 2.05) is 22.6 Å². The molecule has 114 valence electrons. The van der Waals surface area contributed by atoms with Crippen LogP contribution < -0.4 is 10.1 Å². The Balaban J connectivity index is 1.83. The van der Waals surface area contributed by atoms with E-state index in [0.29, 0.717) is 24.6 Å². The molecule has 3 rings (SSSR count). The number of aromatic nitrogens is 3. The number of ether oxygens (including phenoxy) is 1. The lowest BCUT2D eigenvalue weighted by Gasteiger charge is -2.02. The van der Waals surface area contributed by atoms with Crippen molar-refractivity contribution in [2.75, 3.05) is 5.32 Å². The van der Waals surface area contributed by atoms with E-state index in [1.54, 1.807) is 6.07 Å². The fourth-order valence-electron chi connectivity index (χ4n) is 1.72. The van der Waals surface area contributed by atoms with Gasteiger partial charge in [0.15, 0.2) is 5.13 Å². The summed E-state index contributed by atoms with van der Waals surface area (Å²) < 4.78 is 30.0. The minimum Gasteiger partial charge on any atom is -0.435 e. The van der Waals surface area contributed by atoms with Gasteiger partial charge in [0.05, 0.1) is 20.0 Å². The molecular weight excluding hydrogens is 429 g/mol. The summed E-state index contributed by atoms with van der Waals surface area (Å²) >= 11 is 3.15. The van der Waals surface area contributed by atoms with Crippen LogP contribution in [0.25, 0.3) is 10.2 Å². The molecule has 22 heavy (non-hydrogen) atoms. The van der Waals surface area contributed by atoms with Crippen molar-refractivity contribution < 1.29 is 18.3 Å². The summed E-state index contributed by atoms with van der Waals surface area (Å²) in [5.74, 6) is -0.322. The molecule has 0 aliphatic rings. The molecule has 2 aromatic heterocycles. The molecule has 0 spiro atoms. The van der Waals surface area contributed by atoms with Crippen molar-refractivity contribution >= 4 is 55.2 Å². The maximum Gasteiger partial charge on any atom is 0.387 e. The van der Waals surface area contributed by atoms with Gasteiger partial charge in [0.25, 0.3) is 5.91 Å². The van der Waals surface area contributed by atoms with Crippen LogP contribution in [0, 0.1) is 3.57 Å². The minimum absolute atomic E-state index is 0.0483. The van der Waals surface area contributed by atoms with Crippen molar-refractivity contribution in [3.05, 3.63) is 33.7 Å². The zero-order valence-corrected chi connectivity index (χ0v) is 13.6. The molecule has 2 N–H and O–H groups in total. The SMILES string of the molecule is O=C(Nc1nc2ccc(OC(F)F)cc2s1)c1[nH]ncc1I. The molecule has 0 saturated heterocycles. The Hall–Kier alpha value is -1.82. The number of carbonyl (C=O) groups excluding carboxylic acids is 1. The lowest BCUT2D eigenvalue weighted by Crippen LogP contribution is -2.13. The van der Waals surface area contributed by atoms with Crippen LogP contribution in [0.2, 0.25) is 0 Å². The summed E-state index contributed by atoms with van der Waals surface area (Å²) in [6.07, 6.45) is 1.53. The second kappa shape index (κ2) is 6.12. The summed E-state index contributed by atoms with van der Waals surface area (Å²) in [7, 11) is 0. The normalized spacial score (nSPS) is 11.1. The summed E-state index contributed by atoms with van der Waals surface area (Å²) in [4.78, 5) is 16.3. The maximum absolute atomic E-state index is 12.2. The van der Waals surface area contributed by atoms with Gasteiger partial charge in [-0.2, -0.15) is 13.9 Å². The van der Waals surface area contributed by atoms with Gasteiger partial charge in [0.2, 0.25) is 0 Å². The number of hydrogen-bond donors (Lipinski definition) is 2. The number of amides is 1. The highest BCUT2D eigenvalue weighted by molar-refractivity contribution is 14.1. The second-order valence-corrected chi connectivity index (χ2v) is 6.27. The van der Waals surface area contributed by atoms with E-state index in [2.05, 4.69) is 25.2 Å². The predicted octanol–water partition coefficient (Wildman–Crippen LogP) is 3.48. The van der Waals surface area contributed by atoms with E-state index in [9.17, 15) is 13.6 Å². The van der Waals surface area contributed by atoms with Gasteiger partial charge in [-0.25, -0.2) is 4.98 Å². The van der Waals surface area contributed by atoms with E-state index < -0.39 is 6.61 Å². The van der Waals surface area contributed by atoms with Crippen LogP contribution in [0.4, 0.5) is 13.9 Å². The number of benzene rings is 1. The van der Waals surface area contributed by atoms with Gasteiger partial charge in [-0.15, -0.1) is 0 Å². The molecular formula is C12H7F2IN4O2S. The van der Waals surface area contributed by atoms with Crippen molar-refractivity contribution in [2.45, 2.75) is 6.61 Å². The van der Waals surface area contributed by atoms with E-state index in [0.717, 1.165) is 0 Å². The van der Waals surface area contributed by atoms with E-state index in [4.69, 9.17) is 0 Å². The van der Waals surface area contributed by atoms with Gasteiger partial charge in [-0.1, -0.05) is 11.3 Å². The number of fused-ring (bicyclic) bond motifs is 1. The van der Waals surface area contributed by atoms with Crippen LogP contribution in [0.5, 0.6) is 5.75 Å². The quantitative estimate of drug-likeness (QED) is 0.614. The molecule has 2 heterocycles. The molecule has 6 nitrogen and oxygen atoms in total. The number of alkyl halides is 2. The van der Waals surface area contributed by atoms with E-state index in [-0.39, 0.29) is 11.7 Å². The molecule has 10 heteroatoms. The van der Waals surface area contributed by atoms with Gasteiger partial charge in [-0.05, 0) is 40.8 Å². The number of aromatic amines is 1. The van der Waals surface area contributed by atoms with Crippen molar-refractivity contribution in [1.82, 2.24) is 15.2 Å². The summed E-state index contributed by atoms with van der Waals surface area (Å²) in [6.45, 7) is -2.88. The number of nitrogens with zero attached hydrogens (tertiary/aromatic N) is 2. The third kappa shape index (κ3) is 3.16. The summed E-state index contributed by atoms with van der Waals surface area (Å²) in [6, 6.07) is 4.41. The van der Waals surface area contributed by atoms with Crippen LogP contribution in [-0.4, -0.2) is 27.7 Å². The first-order valence-electron chi connectivity index (χ1n) is 5.88. The van der Waals surface area contributed by atoms with Crippen molar-refractivity contribution in [3.8, 4) is 5.75 Å². The number of H-pyrrole nitrogens is 1. The van der Waals surface area contributed by atoms with Crippen molar-refractivity contribution in [2.24, 2.45) is 0 Å². The number of anilines is 1. The zero-order valence-electron chi connectivity index (χ0n) is 10.6. The smallest absolute Gasteiger partial charge is 0.387 e. The van der Waals surface area contributed by atoms with Gasteiger partial charge < -0.3 is 4.74 Å². The molecule has 0 atom stereocenters. The first kappa shape index (κ1) is 15.1. The number of hydrogen-bond acceptors (Lipinski definition) is 5. The Morgan fingerprint density at radius 3 is 2.95 bits per heavy atom. The average Bonchev–Trinajstić information content (AvgIpc) is 3.03. The standard InChI is InChI=1S/C12H7F2IN4O2S/c13-11(14)21-5-1-2-7-8(3-5)22-12(17-7)18-10(20)9-6(15)4-16-19-9/h1-4,11H,(H,16,19)(H,17,18,20). The molecule has 0 saturated carbocycles. The summed E-state index contributed by atoms with van der Waals surface area (Å²) in [5, 5.41) is 9.36. The van der Waals surface area contributed by atoms with Gasteiger partial charge in [-0.3, -0.25) is 15.2 Å². The zero-order chi connectivity index (χ0) is 15.7. The fraction of sp³-hybridized carbons (Fsp3) is 0.0833. The predicted molar refractivity (Wildman–Crippen MR) is 85.5 cm³/mol. The first-order chi connectivity index (χ1) is 10.5. The van der Waals surface area contributed by atoms with Crippen LogP contribution in [-0.2, 0) is 0 Å². The first-order valence-corrected chi connectivity index (χ1v) is 7.78. The molecule has 1 aromatic carbocycles. The lowest BCUT2D eigenvalue weighted by molar-refractivity contribution is -0.0497. The monoisotopic (exact) mass is 436 g/mol. The topological polar surface area (TPSA) is 79.9 Å². The fourth-order valence-corrected chi connectivity index (χ4v) is 3.12. The van der Waals surface area contributed by atoms with Crippen LogP contribution in [0.3, 0.4) is 0 Å². The number of carbonyl (C=O) groups is 1. The molecule has 0 bridgehead atoms. The number of thiazole rings is 1. The molecule has 1 amide bonds. The van der Waals surface area contributed by atoms with E-state index in [1.165, 1.54) is 29.7 Å². The largest absolute Gasteiger partial charge is 0.435 e. The number of nitrogens with one attached hydrogen (secondary N) is 2. The van der Waals surface area contributed by atoms with Gasteiger partial charge in [0, 0.05) is 0 Å². The highest BCUT2D eigenvalue weighted by atomic mass is 127. The molecule has 0 aliphatic heterocycles. The minimum atomic E-state index is -2.88. The molecule has 3 aromatic rings. The maximum atomic E-state index is 12.2. The number of halogens is 3. The Morgan fingerprint density at radius 2 is 2.27 bits per heavy atom. The Morgan fingerprint density at radius 1 is 1.45 bits per heavy atom. The van der Waals surface area contributed by atoms with Crippen molar-refractivity contribution in [1.29, 1.82) is 0 Å². The van der Waals surface area contributed by atoms with E-state index >= 15 is 0 Å². The Bertz CT molecular complexity index is 836. The van der Waals surface area contributed by atoms with Crippen LogP contribution >= 0.6 is 33.9 Å². The number of rotatable bonds is 4. The van der Waals surface area contributed by atoms with Gasteiger partial charge in [0.1, 0.15) is 11.4 Å². The molecule has 0 fully saturated rings. The molecule has 0 aliphatic carbocycles. The molecule has 0 unspecified atom stereocenters. The third-order valence-corrected chi connectivity index (χ3v) is 4.38. The average molecular weight is 436 g/mol. The highest BCUT2D eigenvalue weighted by Crippen LogP contribution is 2.30. The second-order valence-electron chi connectivity index (χ2n) is 4.07. The van der Waals surface area contributed by atoms with Crippen LogP contribution in [0.15, 0.2) is 24.4 Å². The highest BCUT2D eigenvalue weighted by Gasteiger charge is 2.15. The molecule has 0 radical (unpaired) electrons. The Labute approximate surface area is 140 Å². The van der Waals surface area contributed by atoms with Crippen LogP contribution in [0.1, 0.15) is 10.5 Å². The third-order valence-electron chi connectivity index (χ3n) is 2.63.